The molecule has 0 N–H and O–H groups in total. The molecule has 1 aliphatic rings. The molecule has 5 rings (SSSR count). The zero-order valence-electron chi connectivity index (χ0n) is 20.5. The number of carbonyl (C=O) groups excluding carboxylic acids is 1. The highest BCUT2D eigenvalue weighted by molar-refractivity contribution is 5.77. The van der Waals surface area contributed by atoms with Gasteiger partial charge in [0, 0.05) is 13.1 Å². The van der Waals surface area contributed by atoms with E-state index in [1.165, 1.54) is 6.07 Å². The van der Waals surface area contributed by atoms with Crippen molar-refractivity contribution >= 4 is 22.8 Å². The van der Waals surface area contributed by atoms with Crippen molar-refractivity contribution in [3.63, 3.8) is 0 Å². The second-order valence-electron chi connectivity index (χ2n) is 10.1. The van der Waals surface area contributed by atoms with E-state index in [2.05, 4.69) is 25.3 Å². The fourth-order valence-electron chi connectivity index (χ4n) is 4.44. The Balaban J connectivity index is 1.38. The number of piperidine rings is 1. The van der Waals surface area contributed by atoms with Gasteiger partial charge in [-0.05, 0) is 82.7 Å². The minimum Gasteiger partial charge on any atom is -0.444 e. The normalized spacial score (nSPS) is 15.2. The number of carbonyl (C=O) groups is 1. The van der Waals surface area contributed by atoms with Crippen LogP contribution >= 0.6 is 0 Å². The van der Waals surface area contributed by atoms with E-state index in [-0.39, 0.29) is 23.4 Å². The van der Waals surface area contributed by atoms with E-state index in [0.29, 0.717) is 24.3 Å². The van der Waals surface area contributed by atoms with Gasteiger partial charge in [0.2, 0.25) is 5.82 Å². The van der Waals surface area contributed by atoms with Crippen molar-refractivity contribution in [2.24, 2.45) is 0 Å². The lowest BCUT2D eigenvalue weighted by molar-refractivity contribution is 0.0205. The molecule has 35 heavy (non-hydrogen) atoms. The van der Waals surface area contributed by atoms with Crippen LogP contribution in [-0.4, -0.2) is 59.5 Å². The smallest absolute Gasteiger partial charge is 0.410 e. The maximum absolute atomic E-state index is 15.2. The van der Waals surface area contributed by atoms with Crippen molar-refractivity contribution in [1.29, 1.82) is 0 Å². The van der Waals surface area contributed by atoms with Crippen LogP contribution < -0.4 is 0 Å². The molecular formula is C25H28FN7O2. The van der Waals surface area contributed by atoms with Gasteiger partial charge < -0.3 is 9.64 Å². The Kier molecular flexibility index (Phi) is 5.61. The fraction of sp³-hybridized carbons (Fsp3) is 0.440. The number of fused-ring (bicyclic) bond motifs is 2. The molecule has 9 nitrogen and oxygen atoms in total. The molecule has 1 fully saturated rings. The predicted molar refractivity (Wildman–Crippen MR) is 129 cm³/mol. The average Bonchev–Trinajstić information content (AvgIpc) is 3.18. The Hall–Kier alpha value is -3.69. The predicted octanol–water partition coefficient (Wildman–Crippen LogP) is 4.60. The van der Waals surface area contributed by atoms with Crippen LogP contribution in [0.3, 0.4) is 0 Å². The van der Waals surface area contributed by atoms with Crippen molar-refractivity contribution < 1.29 is 13.9 Å². The first-order chi connectivity index (χ1) is 16.6. The van der Waals surface area contributed by atoms with Gasteiger partial charge in [0.1, 0.15) is 22.3 Å². The summed E-state index contributed by atoms with van der Waals surface area (Å²) in [7, 11) is 0. The highest BCUT2D eigenvalue weighted by atomic mass is 19.1. The maximum Gasteiger partial charge on any atom is 0.410 e. The third kappa shape index (κ3) is 4.65. The number of ether oxygens (including phenoxy) is 1. The summed E-state index contributed by atoms with van der Waals surface area (Å²) in [6, 6.07) is 5.20. The SMILES string of the molecule is Cc1cn2nc(-c3nnc4cc(C5CCN(C(=O)OC(C)(C)C)CC5)cc(F)c4n3)cc(C)c2n1. The summed E-state index contributed by atoms with van der Waals surface area (Å²) in [6.45, 7) is 10.5. The molecule has 3 aromatic heterocycles. The topological polar surface area (TPSA) is 98.4 Å². The molecule has 0 radical (unpaired) electrons. The van der Waals surface area contributed by atoms with E-state index >= 15 is 4.39 Å². The first-order valence-corrected chi connectivity index (χ1v) is 11.7. The number of aromatic nitrogens is 6. The minimum atomic E-state index is -0.530. The highest BCUT2D eigenvalue weighted by Crippen LogP contribution is 2.31. The lowest BCUT2D eigenvalue weighted by Crippen LogP contribution is -2.41. The van der Waals surface area contributed by atoms with Gasteiger partial charge in [-0.15, -0.1) is 10.2 Å². The van der Waals surface area contributed by atoms with Crippen LogP contribution in [-0.2, 0) is 4.74 Å². The second-order valence-corrected chi connectivity index (χ2v) is 10.1. The molecule has 4 heterocycles. The molecule has 0 aliphatic carbocycles. The quantitative estimate of drug-likeness (QED) is 0.416. The second kappa shape index (κ2) is 8.51. The van der Waals surface area contributed by atoms with Crippen molar-refractivity contribution in [3.05, 3.63) is 47.0 Å². The van der Waals surface area contributed by atoms with Gasteiger partial charge in [-0.25, -0.2) is 23.7 Å². The molecule has 4 aromatic rings. The summed E-state index contributed by atoms with van der Waals surface area (Å²) in [4.78, 5) is 22.9. The number of aryl methyl sites for hydroxylation is 2. The first kappa shape index (κ1) is 23.1. The molecule has 182 valence electrons. The van der Waals surface area contributed by atoms with Crippen LogP contribution in [0.2, 0.25) is 0 Å². The monoisotopic (exact) mass is 477 g/mol. The van der Waals surface area contributed by atoms with Gasteiger partial charge in [-0.2, -0.15) is 5.10 Å². The number of hydrogen-bond acceptors (Lipinski definition) is 7. The minimum absolute atomic E-state index is 0.116. The zero-order valence-corrected chi connectivity index (χ0v) is 20.5. The number of imidazole rings is 1. The van der Waals surface area contributed by atoms with Gasteiger partial charge in [0.25, 0.3) is 0 Å². The van der Waals surface area contributed by atoms with Crippen LogP contribution in [0.1, 0.15) is 56.4 Å². The average molecular weight is 478 g/mol. The van der Waals surface area contributed by atoms with Crippen LogP contribution in [0.5, 0.6) is 0 Å². The van der Waals surface area contributed by atoms with Crippen LogP contribution in [0.15, 0.2) is 24.4 Å². The fourth-order valence-corrected chi connectivity index (χ4v) is 4.44. The Morgan fingerprint density at radius 3 is 2.54 bits per heavy atom. The third-order valence-electron chi connectivity index (χ3n) is 6.11. The number of nitrogens with zero attached hydrogens (tertiary/aromatic N) is 7. The maximum atomic E-state index is 15.2. The van der Waals surface area contributed by atoms with Gasteiger partial charge in [0.15, 0.2) is 11.5 Å². The number of amides is 1. The van der Waals surface area contributed by atoms with E-state index in [1.807, 2.05) is 52.9 Å². The number of rotatable bonds is 2. The standard InChI is InChI=1S/C25H28FN7O2/c1-14-10-20(31-33-13-15(2)27-23(14)33)22-28-21-18(26)11-17(12-19(21)29-30-22)16-6-8-32(9-7-16)24(34)35-25(3,4)5/h10-13,16H,6-9H2,1-5H3. The van der Waals surface area contributed by atoms with Crippen molar-refractivity contribution in [2.75, 3.05) is 13.1 Å². The molecule has 10 heteroatoms. The van der Waals surface area contributed by atoms with Crippen LogP contribution in [0.25, 0.3) is 28.2 Å². The Morgan fingerprint density at radius 2 is 1.83 bits per heavy atom. The van der Waals surface area contributed by atoms with Gasteiger partial charge in [0.05, 0.1) is 11.9 Å². The first-order valence-electron chi connectivity index (χ1n) is 11.7. The largest absolute Gasteiger partial charge is 0.444 e. The Morgan fingerprint density at radius 1 is 1.09 bits per heavy atom. The molecule has 0 bridgehead atoms. The number of benzene rings is 1. The molecule has 0 spiro atoms. The molecule has 0 atom stereocenters. The van der Waals surface area contributed by atoms with Crippen molar-refractivity contribution in [3.8, 4) is 11.5 Å². The van der Waals surface area contributed by atoms with E-state index in [9.17, 15) is 4.79 Å². The molecule has 0 saturated carbocycles. The summed E-state index contributed by atoms with van der Waals surface area (Å²) in [5.41, 5.74) is 3.89. The van der Waals surface area contributed by atoms with Crippen molar-refractivity contribution in [2.45, 2.75) is 59.0 Å². The van der Waals surface area contributed by atoms with E-state index in [4.69, 9.17) is 4.74 Å². The summed E-state index contributed by atoms with van der Waals surface area (Å²) in [5.74, 6) is -0.0732. The number of hydrogen-bond donors (Lipinski definition) is 0. The Bertz CT molecular complexity index is 1440. The lowest BCUT2D eigenvalue weighted by Gasteiger charge is -2.33. The molecule has 1 aromatic carbocycles. The molecule has 1 amide bonds. The third-order valence-corrected chi connectivity index (χ3v) is 6.11. The molecule has 1 aliphatic heterocycles. The van der Waals surface area contributed by atoms with Crippen LogP contribution in [0.4, 0.5) is 9.18 Å². The Labute approximate surface area is 202 Å². The number of likely N-dealkylation sites (tertiary alicyclic amines) is 1. The summed E-state index contributed by atoms with van der Waals surface area (Å²) >= 11 is 0. The molecule has 0 unspecified atom stereocenters. The van der Waals surface area contributed by atoms with Crippen molar-refractivity contribution in [1.82, 2.24) is 34.7 Å². The van der Waals surface area contributed by atoms with E-state index < -0.39 is 11.4 Å². The lowest BCUT2D eigenvalue weighted by atomic mass is 9.89. The number of halogens is 1. The van der Waals surface area contributed by atoms with E-state index in [1.54, 1.807) is 9.42 Å². The van der Waals surface area contributed by atoms with Gasteiger partial charge >= 0.3 is 6.09 Å². The molecule has 1 saturated heterocycles. The van der Waals surface area contributed by atoms with E-state index in [0.717, 1.165) is 35.3 Å². The zero-order chi connectivity index (χ0) is 24.9. The summed E-state index contributed by atoms with van der Waals surface area (Å²) in [5, 5.41) is 13.0. The highest BCUT2D eigenvalue weighted by Gasteiger charge is 2.28. The summed E-state index contributed by atoms with van der Waals surface area (Å²) in [6.07, 6.45) is 2.95. The molecular weight excluding hydrogens is 449 g/mol. The van der Waals surface area contributed by atoms with Gasteiger partial charge in [-0.3, -0.25) is 0 Å². The summed E-state index contributed by atoms with van der Waals surface area (Å²) < 4.78 is 22.3. The van der Waals surface area contributed by atoms with Gasteiger partial charge in [-0.1, -0.05) is 0 Å². The van der Waals surface area contributed by atoms with Crippen LogP contribution in [0, 0.1) is 19.7 Å².